The average molecular weight is 175 g/mol. The van der Waals surface area contributed by atoms with Crippen LogP contribution in [0.3, 0.4) is 0 Å². The Kier molecular flexibility index (Phi) is 1.46. The molecule has 0 fully saturated rings. The van der Waals surface area contributed by atoms with Crippen LogP contribution in [0.15, 0.2) is 24.3 Å². The van der Waals surface area contributed by atoms with E-state index in [1.165, 1.54) is 6.07 Å². The highest BCUT2D eigenvalue weighted by Gasteiger charge is 2.46. The zero-order valence-electron chi connectivity index (χ0n) is 6.75. The first-order valence-corrected chi connectivity index (χ1v) is 3.90. The summed E-state index contributed by atoms with van der Waals surface area (Å²) in [5, 5.41) is 8.52. The van der Waals surface area contributed by atoms with E-state index in [1.54, 1.807) is 24.3 Å². The van der Waals surface area contributed by atoms with Crippen molar-refractivity contribution in [1.82, 2.24) is 0 Å². The maximum absolute atomic E-state index is 13.5. The summed E-state index contributed by atoms with van der Waals surface area (Å²) in [7, 11) is 0. The topological polar surface area (TPSA) is 40.9 Å². The lowest BCUT2D eigenvalue weighted by molar-refractivity contribution is 0.0820. The normalized spacial score (nSPS) is 25.4. The Balaban J connectivity index is 2.57. The van der Waals surface area contributed by atoms with E-state index >= 15 is 0 Å². The van der Waals surface area contributed by atoms with Gasteiger partial charge < -0.3 is 0 Å². The maximum Gasteiger partial charge on any atom is 0.261 e. The molecule has 0 saturated heterocycles. The number of benzene rings is 1. The highest BCUT2D eigenvalue weighted by molar-refractivity contribution is 6.08. The number of hydrogen-bond donors (Lipinski definition) is 0. The number of hydrogen-bond acceptors (Lipinski definition) is 2. The van der Waals surface area contributed by atoms with Crippen LogP contribution in [-0.2, 0) is 6.42 Å². The molecule has 13 heavy (non-hydrogen) atoms. The van der Waals surface area contributed by atoms with Crippen LogP contribution < -0.4 is 0 Å². The van der Waals surface area contributed by atoms with E-state index in [-0.39, 0.29) is 6.42 Å². The Bertz CT molecular complexity index is 421. The molecular formula is C10H6FNO. The molecule has 0 unspecified atom stereocenters. The minimum absolute atomic E-state index is 0.113. The van der Waals surface area contributed by atoms with Crippen LogP contribution in [0.25, 0.3) is 0 Å². The van der Waals surface area contributed by atoms with E-state index in [9.17, 15) is 9.18 Å². The molecule has 2 rings (SSSR count). The van der Waals surface area contributed by atoms with Gasteiger partial charge in [0, 0.05) is 12.0 Å². The summed E-state index contributed by atoms with van der Waals surface area (Å²) < 4.78 is 13.5. The molecule has 1 aromatic rings. The zero-order valence-corrected chi connectivity index (χ0v) is 6.75. The van der Waals surface area contributed by atoms with Crippen LogP contribution in [0.1, 0.15) is 15.9 Å². The van der Waals surface area contributed by atoms with Gasteiger partial charge in [-0.2, -0.15) is 5.26 Å². The van der Waals surface area contributed by atoms with Gasteiger partial charge in [0.2, 0.25) is 5.78 Å². The van der Waals surface area contributed by atoms with E-state index in [0.29, 0.717) is 11.1 Å². The standard InChI is InChI=1S/C10H6FNO/c11-10(6-12)5-7-3-1-2-4-8(7)9(10)13/h1-4H,5H2/t10-/m1/s1. The summed E-state index contributed by atoms with van der Waals surface area (Å²) in [6.45, 7) is 0. The Morgan fingerprint density at radius 1 is 1.46 bits per heavy atom. The Hall–Kier alpha value is -1.69. The van der Waals surface area contributed by atoms with Crippen molar-refractivity contribution >= 4 is 5.78 Å². The second kappa shape index (κ2) is 2.40. The third kappa shape index (κ3) is 0.955. The van der Waals surface area contributed by atoms with Gasteiger partial charge in [-0.1, -0.05) is 24.3 Å². The zero-order chi connectivity index (χ0) is 9.47. The van der Waals surface area contributed by atoms with Gasteiger partial charge >= 0.3 is 0 Å². The van der Waals surface area contributed by atoms with Crippen molar-refractivity contribution in [3.05, 3.63) is 35.4 Å². The fourth-order valence-electron chi connectivity index (χ4n) is 1.54. The lowest BCUT2D eigenvalue weighted by Crippen LogP contribution is -2.27. The van der Waals surface area contributed by atoms with Crippen molar-refractivity contribution in [3.8, 4) is 6.07 Å². The predicted octanol–water partition coefficient (Wildman–Crippen LogP) is 1.66. The molecule has 0 bridgehead atoms. The van der Waals surface area contributed by atoms with Gasteiger partial charge in [-0.05, 0) is 5.56 Å². The van der Waals surface area contributed by atoms with Crippen LogP contribution >= 0.6 is 0 Å². The number of nitrogens with zero attached hydrogens (tertiary/aromatic N) is 1. The van der Waals surface area contributed by atoms with Gasteiger partial charge in [0.05, 0.1) is 0 Å². The molecule has 64 valence electrons. The van der Waals surface area contributed by atoms with Gasteiger partial charge in [-0.15, -0.1) is 0 Å². The summed E-state index contributed by atoms with van der Waals surface area (Å²) in [6, 6.07) is 8.04. The molecule has 0 saturated carbocycles. The van der Waals surface area contributed by atoms with Gasteiger partial charge in [0.1, 0.15) is 6.07 Å². The fourth-order valence-corrected chi connectivity index (χ4v) is 1.54. The third-order valence-electron chi connectivity index (χ3n) is 2.23. The molecule has 1 aliphatic rings. The Labute approximate surface area is 74.6 Å². The number of rotatable bonds is 0. The SMILES string of the molecule is N#C[C@]1(F)Cc2ccccc2C1=O. The number of carbonyl (C=O) groups is 1. The Morgan fingerprint density at radius 2 is 2.15 bits per heavy atom. The first-order valence-electron chi connectivity index (χ1n) is 3.90. The van der Waals surface area contributed by atoms with Gasteiger partial charge in [0.15, 0.2) is 0 Å². The van der Waals surface area contributed by atoms with Crippen molar-refractivity contribution < 1.29 is 9.18 Å². The van der Waals surface area contributed by atoms with Crippen molar-refractivity contribution in [2.24, 2.45) is 0 Å². The minimum atomic E-state index is -2.33. The van der Waals surface area contributed by atoms with E-state index in [2.05, 4.69) is 0 Å². The molecule has 0 heterocycles. The van der Waals surface area contributed by atoms with Gasteiger partial charge in [-0.3, -0.25) is 4.79 Å². The maximum atomic E-state index is 13.5. The molecule has 1 aliphatic carbocycles. The highest BCUT2D eigenvalue weighted by atomic mass is 19.1. The number of nitriles is 1. The molecule has 0 aliphatic heterocycles. The van der Waals surface area contributed by atoms with Crippen LogP contribution in [0.2, 0.25) is 0 Å². The van der Waals surface area contributed by atoms with E-state index < -0.39 is 11.5 Å². The molecule has 2 nitrogen and oxygen atoms in total. The second-order valence-corrected chi connectivity index (χ2v) is 3.08. The molecule has 0 N–H and O–H groups in total. The van der Waals surface area contributed by atoms with Crippen molar-refractivity contribution in [2.75, 3.05) is 0 Å². The third-order valence-corrected chi connectivity index (χ3v) is 2.23. The van der Waals surface area contributed by atoms with Crippen LogP contribution in [0.4, 0.5) is 4.39 Å². The van der Waals surface area contributed by atoms with Gasteiger partial charge in [-0.25, -0.2) is 4.39 Å². The van der Waals surface area contributed by atoms with E-state index in [4.69, 9.17) is 5.26 Å². The molecule has 3 heteroatoms. The second-order valence-electron chi connectivity index (χ2n) is 3.08. The smallest absolute Gasteiger partial charge is 0.261 e. The largest absolute Gasteiger partial charge is 0.289 e. The number of halogens is 1. The number of ketones is 1. The Morgan fingerprint density at radius 3 is 2.77 bits per heavy atom. The molecule has 0 spiro atoms. The number of Topliss-reactive ketones (excluding diaryl/α,β-unsaturated/α-hetero) is 1. The van der Waals surface area contributed by atoms with E-state index in [1.807, 2.05) is 0 Å². The number of alkyl halides is 1. The summed E-state index contributed by atoms with van der Waals surface area (Å²) in [6.07, 6.45) is -0.113. The number of fused-ring (bicyclic) bond motifs is 1. The average Bonchev–Trinajstić information content (AvgIpc) is 2.41. The molecular weight excluding hydrogens is 169 g/mol. The lowest BCUT2D eigenvalue weighted by Gasteiger charge is -2.04. The lowest BCUT2D eigenvalue weighted by atomic mass is 10.0. The van der Waals surface area contributed by atoms with Crippen molar-refractivity contribution in [1.29, 1.82) is 5.26 Å². The molecule has 0 radical (unpaired) electrons. The summed E-state index contributed by atoms with van der Waals surface area (Å²) in [4.78, 5) is 11.4. The predicted molar refractivity (Wildman–Crippen MR) is 43.9 cm³/mol. The van der Waals surface area contributed by atoms with Crippen LogP contribution in [0.5, 0.6) is 0 Å². The first kappa shape index (κ1) is 7.93. The highest BCUT2D eigenvalue weighted by Crippen LogP contribution is 2.32. The monoisotopic (exact) mass is 175 g/mol. The molecule has 1 atom stereocenters. The summed E-state index contributed by atoms with van der Waals surface area (Å²) >= 11 is 0. The molecule has 0 amide bonds. The van der Waals surface area contributed by atoms with Crippen LogP contribution in [0, 0.1) is 11.3 Å². The summed E-state index contributed by atoms with van der Waals surface area (Å²) in [5.74, 6) is -0.703. The van der Waals surface area contributed by atoms with Crippen molar-refractivity contribution in [3.63, 3.8) is 0 Å². The minimum Gasteiger partial charge on any atom is -0.289 e. The van der Waals surface area contributed by atoms with Gasteiger partial charge in [0.25, 0.3) is 5.67 Å². The van der Waals surface area contributed by atoms with Crippen molar-refractivity contribution in [2.45, 2.75) is 12.1 Å². The van der Waals surface area contributed by atoms with Crippen LogP contribution in [-0.4, -0.2) is 11.5 Å². The quantitative estimate of drug-likeness (QED) is 0.601. The molecule has 1 aromatic carbocycles. The first-order chi connectivity index (χ1) is 6.17. The van der Waals surface area contributed by atoms with E-state index in [0.717, 1.165) is 0 Å². The number of carbonyl (C=O) groups excluding carboxylic acids is 1. The summed E-state index contributed by atoms with van der Waals surface area (Å²) in [5.41, 5.74) is -1.37. The molecule has 0 aromatic heterocycles. The fraction of sp³-hybridized carbons (Fsp3) is 0.200.